The molecule has 2 N–H and O–H groups in total. The van der Waals surface area contributed by atoms with Crippen LogP contribution < -0.4 is 10.6 Å². The van der Waals surface area contributed by atoms with Gasteiger partial charge in [0.15, 0.2) is 5.96 Å². The van der Waals surface area contributed by atoms with Crippen molar-refractivity contribution in [2.75, 3.05) is 13.6 Å². The Kier molecular flexibility index (Phi) is 5.80. The molecule has 106 valence electrons. The molecule has 0 amide bonds. The third kappa shape index (κ3) is 6.79. The zero-order valence-corrected chi connectivity index (χ0v) is 12.3. The Morgan fingerprint density at radius 1 is 1.32 bits per heavy atom. The normalized spacial score (nSPS) is 12.4. The average molecular weight is 265 g/mol. The van der Waals surface area contributed by atoms with Gasteiger partial charge in [0, 0.05) is 19.1 Å². The standard InChI is InChI=1S/C15H24FN3/c1-15(2,3)19-14(17-4)18-10-6-8-12-7-5-9-13(16)11-12/h5,7,9,11H,6,8,10H2,1-4H3,(H2,17,18,19). The molecule has 0 aliphatic carbocycles. The maximum absolute atomic E-state index is 13.0. The minimum Gasteiger partial charge on any atom is -0.356 e. The summed E-state index contributed by atoms with van der Waals surface area (Å²) in [6, 6.07) is 6.75. The van der Waals surface area contributed by atoms with Gasteiger partial charge in [0.05, 0.1) is 0 Å². The molecular weight excluding hydrogens is 241 g/mol. The Bertz CT molecular complexity index is 422. The minimum atomic E-state index is -0.171. The number of halogens is 1. The van der Waals surface area contributed by atoms with Gasteiger partial charge in [0.1, 0.15) is 5.82 Å². The van der Waals surface area contributed by atoms with Crippen molar-refractivity contribution >= 4 is 5.96 Å². The zero-order chi connectivity index (χ0) is 14.3. The summed E-state index contributed by atoms with van der Waals surface area (Å²) in [5.41, 5.74) is 1.02. The Morgan fingerprint density at radius 2 is 2.05 bits per heavy atom. The van der Waals surface area contributed by atoms with E-state index < -0.39 is 0 Å². The number of benzene rings is 1. The molecule has 1 aromatic rings. The Morgan fingerprint density at radius 3 is 2.63 bits per heavy atom. The third-order valence-electron chi connectivity index (χ3n) is 2.54. The van der Waals surface area contributed by atoms with Crippen LogP contribution in [0.25, 0.3) is 0 Å². The van der Waals surface area contributed by atoms with Crippen molar-refractivity contribution in [2.45, 2.75) is 39.2 Å². The summed E-state index contributed by atoms with van der Waals surface area (Å²) in [6.45, 7) is 7.08. The maximum Gasteiger partial charge on any atom is 0.191 e. The van der Waals surface area contributed by atoms with Gasteiger partial charge >= 0.3 is 0 Å². The molecule has 0 aliphatic heterocycles. The molecule has 0 saturated heterocycles. The first-order valence-corrected chi connectivity index (χ1v) is 6.64. The molecule has 0 fully saturated rings. The van der Waals surface area contributed by atoms with E-state index in [4.69, 9.17) is 0 Å². The molecule has 0 saturated carbocycles. The number of nitrogens with zero attached hydrogens (tertiary/aromatic N) is 1. The lowest BCUT2D eigenvalue weighted by atomic mass is 10.1. The first-order valence-electron chi connectivity index (χ1n) is 6.64. The largest absolute Gasteiger partial charge is 0.356 e. The summed E-state index contributed by atoms with van der Waals surface area (Å²) < 4.78 is 13.0. The predicted molar refractivity (Wildman–Crippen MR) is 79.0 cm³/mol. The number of nitrogens with one attached hydrogen (secondary N) is 2. The van der Waals surface area contributed by atoms with Crippen molar-refractivity contribution in [2.24, 2.45) is 4.99 Å². The molecule has 0 heterocycles. The van der Waals surface area contributed by atoms with Gasteiger partial charge in [-0.1, -0.05) is 12.1 Å². The van der Waals surface area contributed by atoms with Crippen molar-refractivity contribution in [1.82, 2.24) is 10.6 Å². The second-order valence-electron chi connectivity index (χ2n) is 5.61. The van der Waals surface area contributed by atoms with Gasteiger partial charge in [-0.15, -0.1) is 0 Å². The van der Waals surface area contributed by atoms with Crippen LogP contribution in [0.1, 0.15) is 32.8 Å². The van der Waals surface area contributed by atoms with E-state index in [1.165, 1.54) is 6.07 Å². The topological polar surface area (TPSA) is 36.4 Å². The number of aliphatic imine (C=N–C) groups is 1. The van der Waals surface area contributed by atoms with E-state index in [-0.39, 0.29) is 11.4 Å². The SMILES string of the molecule is CN=C(NCCCc1cccc(F)c1)NC(C)(C)C. The van der Waals surface area contributed by atoms with E-state index >= 15 is 0 Å². The second-order valence-corrected chi connectivity index (χ2v) is 5.61. The van der Waals surface area contributed by atoms with Crippen LogP contribution in [0, 0.1) is 5.82 Å². The smallest absolute Gasteiger partial charge is 0.191 e. The highest BCUT2D eigenvalue weighted by molar-refractivity contribution is 5.80. The van der Waals surface area contributed by atoms with Gasteiger partial charge in [-0.2, -0.15) is 0 Å². The number of aryl methyl sites for hydroxylation is 1. The van der Waals surface area contributed by atoms with Crippen molar-refractivity contribution in [3.8, 4) is 0 Å². The fraction of sp³-hybridized carbons (Fsp3) is 0.533. The maximum atomic E-state index is 13.0. The Hall–Kier alpha value is -1.58. The van der Waals surface area contributed by atoms with Crippen molar-refractivity contribution in [3.05, 3.63) is 35.6 Å². The summed E-state index contributed by atoms with van der Waals surface area (Å²) in [6.07, 6.45) is 1.80. The van der Waals surface area contributed by atoms with Crippen LogP contribution in [-0.2, 0) is 6.42 Å². The average Bonchev–Trinajstić information content (AvgIpc) is 2.31. The summed E-state index contributed by atoms with van der Waals surface area (Å²) in [5, 5.41) is 6.55. The number of guanidine groups is 1. The first-order chi connectivity index (χ1) is 8.90. The Balaban J connectivity index is 2.30. The number of hydrogen-bond donors (Lipinski definition) is 2. The molecule has 0 unspecified atom stereocenters. The van der Waals surface area contributed by atoms with E-state index in [0.29, 0.717) is 0 Å². The lowest BCUT2D eigenvalue weighted by Gasteiger charge is -2.23. The highest BCUT2D eigenvalue weighted by Gasteiger charge is 2.11. The molecular formula is C15H24FN3. The summed E-state index contributed by atoms with van der Waals surface area (Å²) in [5.74, 6) is 0.627. The van der Waals surface area contributed by atoms with Crippen LogP contribution in [0.5, 0.6) is 0 Å². The van der Waals surface area contributed by atoms with Gasteiger partial charge < -0.3 is 10.6 Å². The van der Waals surface area contributed by atoms with Gasteiger partial charge in [-0.05, 0) is 51.3 Å². The zero-order valence-electron chi connectivity index (χ0n) is 12.3. The summed E-state index contributed by atoms with van der Waals surface area (Å²) in [7, 11) is 1.76. The Labute approximate surface area is 115 Å². The van der Waals surface area contributed by atoms with Gasteiger partial charge in [0.2, 0.25) is 0 Å². The van der Waals surface area contributed by atoms with Crippen molar-refractivity contribution in [1.29, 1.82) is 0 Å². The van der Waals surface area contributed by atoms with Crippen LogP contribution >= 0.6 is 0 Å². The fourth-order valence-corrected chi connectivity index (χ4v) is 1.73. The molecule has 0 bridgehead atoms. The molecule has 0 aromatic heterocycles. The molecule has 1 aromatic carbocycles. The van der Waals surface area contributed by atoms with Gasteiger partial charge in [-0.25, -0.2) is 4.39 Å². The first kappa shape index (κ1) is 15.5. The fourth-order valence-electron chi connectivity index (χ4n) is 1.73. The van der Waals surface area contributed by atoms with Gasteiger partial charge in [-0.3, -0.25) is 4.99 Å². The van der Waals surface area contributed by atoms with Crippen LogP contribution in [0.15, 0.2) is 29.3 Å². The third-order valence-corrected chi connectivity index (χ3v) is 2.54. The molecule has 1 rings (SSSR count). The van der Waals surface area contributed by atoms with E-state index in [1.807, 2.05) is 6.07 Å². The molecule has 3 nitrogen and oxygen atoms in total. The van der Waals surface area contributed by atoms with E-state index in [2.05, 4.69) is 36.4 Å². The lowest BCUT2D eigenvalue weighted by Crippen LogP contribution is -2.47. The molecule has 0 aliphatic rings. The van der Waals surface area contributed by atoms with E-state index in [9.17, 15) is 4.39 Å². The van der Waals surface area contributed by atoms with E-state index in [1.54, 1.807) is 19.2 Å². The molecule has 19 heavy (non-hydrogen) atoms. The van der Waals surface area contributed by atoms with Gasteiger partial charge in [0.25, 0.3) is 0 Å². The quantitative estimate of drug-likeness (QED) is 0.499. The lowest BCUT2D eigenvalue weighted by molar-refractivity contribution is 0.501. The number of hydrogen-bond acceptors (Lipinski definition) is 1. The monoisotopic (exact) mass is 265 g/mol. The molecule has 0 spiro atoms. The summed E-state index contributed by atoms with van der Waals surface area (Å²) >= 11 is 0. The van der Waals surface area contributed by atoms with Crippen molar-refractivity contribution in [3.63, 3.8) is 0 Å². The van der Waals surface area contributed by atoms with E-state index in [0.717, 1.165) is 30.9 Å². The minimum absolute atomic E-state index is 0.00952. The molecule has 0 radical (unpaired) electrons. The van der Waals surface area contributed by atoms with Crippen LogP contribution in [0.4, 0.5) is 4.39 Å². The second kappa shape index (κ2) is 7.12. The van der Waals surface area contributed by atoms with Crippen molar-refractivity contribution < 1.29 is 4.39 Å². The van der Waals surface area contributed by atoms with Crippen LogP contribution in [0.2, 0.25) is 0 Å². The highest BCUT2D eigenvalue weighted by Crippen LogP contribution is 2.05. The summed E-state index contributed by atoms with van der Waals surface area (Å²) in [4.78, 5) is 4.17. The van der Waals surface area contributed by atoms with Crippen LogP contribution in [-0.4, -0.2) is 25.1 Å². The highest BCUT2D eigenvalue weighted by atomic mass is 19.1. The molecule has 0 atom stereocenters. The number of rotatable bonds is 4. The predicted octanol–water partition coefficient (Wildman–Crippen LogP) is 2.72. The van der Waals surface area contributed by atoms with Crippen LogP contribution in [0.3, 0.4) is 0 Å². The molecule has 4 heteroatoms.